The minimum absolute atomic E-state index is 1.09. The average molecular weight is 765 g/mol. The van der Waals surface area contributed by atoms with Crippen molar-refractivity contribution in [1.29, 1.82) is 0 Å². The van der Waals surface area contributed by atoms with E-state index in [2.05, 4.69) is 252 Å². The van der Waals surface area contributed by atoms with Gasteiger partial charge < -0.3 is 9.47 Å². The van der Waals surface area contributed by atoms with E-state index in [9.17, 15) is 0 Å². The number of anilines is 3. The third-order valence-corrected chi connectivity index (χ3v) is 11.8. The van der Waals surface area contributed by atoms with Crippen LogP contribution in [0.5, 0.6) is 0 Å². The van der Waals surface area contributed by atoms with E-state index in [-0.39, 0.29) is 0 Å². The van der Waals surface area contributed by atoms with Crippen molar-refractivity contribution in [2.75, 3.05) is 4.90 Å². The molecule has 1 aromatic heterocycles. The van der Waals surface area contributed by atoms with Gasteiger partial charge in [-0.25, -0.2) is 0 Å². The van der Waals surface area contributed by atoms with Crippen molar-refractivity contribution in [3.8, 4) is 50.2 Å². The zero-order chi connectivity index (χ0) is 39.8. The summed E-state index contributed by atoms with van der Waals surface area (Å²) in [4.78, 5) is 2.35. The maximum atomic E-state index is 2.41. The van der Waals surface area contributed by atoms with Gasteiger partial charge in [-0.3, -0.25) is 0 Å². The van der Waals surface area contributed by atoms with E-state index in [1.54, 1.807) is 0 Å². The lowest BCUT2D eigenvalue weighted by atomic mass is 9.97. The lowest BCUT2D eigenvalue weighted by Gasteiger charge is -2.26. The standard InChI is InChI=1S/C58H40N2/c1-2-14-41(15-3-1)42-28-34-48(35-29-42)59(50-38-32-45(33-39-50)52-24-13-17-44-16-4-5-20-51(44)52)49-36-30-43(31-37-49)46-18-12-19-47(40-46)53-21-6-9-25-56(53)60-57-26-10-7-22-54(57)55-23-8-11-27-58(55)60/h1-40H. The van der Waals surface area contributed by atoms with Crippen molar-refractivity contribution >= 4 is 49.6 Å². The van der Waals surface area contributed by atoms with Crippen molar-refractivity contribution in [2.45, 2.75) is 0 Å². The Morgan fingerprint density at radius 2 is 0.700 bits per heavy atom. The van der Waals surface area contributed by atoms with Crippen molar-refractivity contribution < 1.29 is 0 Å². The van der Waals surface area contributed by atoms with E-state index >= 15 is 0 Å². The summed E-state index contributed by atoms with van der Waals surface area (Å²) in [5.41, 5.74) is 16.4. The zero-order valence-corrected chi connectivity index (χ0v) is 33.0. The molecule has 10 aromatic carbocycles. The van der Waals surface area contributed by atoms with Crippen molar-refractivity contribution in [3.05, 3.63) is 243 Å². The molecule has 0 bridgehead atoms. The molecule has 2 heteroatoms. The molecule has 60 heavy (non-hydrogen) atoms. The highest BCUT2D eigenvalue weighted by atomic mass is 15.1. The number of benzene rings is 10. The Kier molecular flexibility index (Phi) is 8.87. The Hall–Kier alpha value is -7.94. The molecule has 0 atom stereocenters. The highest BCUT2D eigenvalue weighted by Gasteiger charge is 2.17. The molecule has 0 saturated heterocycles. The Morgan fingerprint density at radius 1 is 0.267 bits per heavy atom. The molecule has 0 radical (unpaired) electrons. The number of aromatic nitrogens is 1. The van der Waals surface area contributed by atoms with Crippen LogP contribution in [-0.2, 0) is 0 Å². The van der Waals surface area contributed by atoms with Gasteiger partial charge in [0.2, 0.25) is 0 Å². The summed E-state index contributed by atoms with van der Waals surface area (Å²) in [6.45, 7) is 0. The molecule has 0 aliphatic rings. The van der Waals surface area contributed by atoms with Crippen LogP contribution in [0.15, 0.2) is 243 Å². The maximum absolute atomic E-state index is 2.41. The van der Waals surface area contributed by atoms with Crippen molar-refractivity contribution in [2.24, 2.45) is 0 Å². The van der Waals surface area contributed by atoms with Crippen LogP contribution in [-0.4, -0.2) is 4.57 Å². The second-order valence-electron chi connectivity index (χ2n) is 15.3. The first kappa shape index (κ1) is 35.2. The van der Waals surface area contributed by atoms with E-state index in [0.717, 1.165) is 17.1 Å². The number of fused-ring (bicyclic) bond motifs is 4. The van der Waals surface area contributed by atoms with Crippen LogP contribution in [0.4, 0.5) is 17.1 Å². The quantitative estimate of drug-likeness (QED) is 0.150. The molecule has 11 aromatic rings. The van der Waals surface area contributed by atoms with Gasteiger partial charge in [-0.1, -0.05) is 182 Å². The number of hydrogen-bond donors (Lipinski definition) is 0. The van der Waals surface area contributed by atoms with Crippen LogP contribution in [0.2, 0.25) is 0 Å². The Balaban J connectivity index is 0.962. The summed E-state index contributed by atoms with van der Waals surface area (Å²) in [5, 5.41) is 5.03. The minimum atomic E-state index is 1.09. The molecule has 0 N–H and O–H groups in total. The first-order valence-corrected chi connectivity index (χ1v) is 20.6. The molecule has 0 aliphatic heterocycles. The van der Waals surface area contributed by atoms with E-state index in [1.165, 1.54) is 82.8 Å². The molecule has 0 amide bonds. The van der Waals surface area contributed by atoms with E-state index in [0.29, 0.717) is 0 Å². The Morgan fingerprint density at radius 3 is 1.37 bits per heavy atom. The van der Waals surface area contributed by atoms with Gasteiger partial charge in [0.25, 0.3) is 0 Å². The van der Waals surface area contributed by atoms with Gasteiger partial charge in [0.15, 0.2) is 0 Å². The van der Waals surface area contributed by atoms with Crippen molar-refractivity contribution in [1.82, 2.24) is 4.57 Å². The highest BCUT2D eigenvalue weighted by Crippen LogP contribution is 2.40. The second kappa shape index (κ2) is 15.1. The van der Waals surface area contributed by atoms with Crippen LogP contribution < -0.4 is 4.90 Å². The van der Waals surface area contributed by atoms with Crippen LogP contribution >= 0.6 is 0 Å². The van der Waals surface area contributed by atoms with E-state index in [1.807, 2.05) is 0 Å². The van der Waals surface area contributed by atoms with Gasteiger partial charge in [-0.15, -0.1) is 0 Å². The predicted octanol–water partition coefficient (Wildman–Crippen LogP) is 16.1. The number of hydrogen-bond acceptors (Lipinski definition) is 1. The zero-order valence-electron chi connectivity index (χ0n) is 33.0. The maximum Gasteiger partial charge on any atom is 0.0541 e. The van der Waals surface area contributed by atoms with E-state index in [4.69, 9.17) is 0 Å². The molecule has 0 spiro atoms. The fraction of sp³-hybridized carbons (Fsp3) is 0. The van der Waals surface area contributed by atoms with Crippen LogP contribution in [0, 0.1) is 0 Å². The molecular formula is C58H40N2. The Bertz CT molecular complexity index is 3230. The first-order valence-electron chi connectivity index (χ1n) is 20.6. The Labute approximate surface area is 350 Å². The van der Waals surface area contributed by atoms with Crippen LogP contribution in [0.3, 0.4) is 0 Å². The smallest absolute Gasteiger partial charge is 0.0541 e. The van der Waals surface area contributed by atoms with Gasteiger partial charge in [0.1, 0.15) is 0 Å². The topological polar surface area (TPSA) is 8.17 Å². The highest BCUT2D eigenvalue weighted by molar-refractivity contribution is 6.09. The second-order valence-corrected chi connectivity index (χ2v) is 15.3. The molecule has 1 heterocycles. The average Bonchev–Trinajstić information content (AvgIpc) is 3.67. The minimum Gasteiger partial charge on any atom is -0.311 e. The van der Waals surface area contributed by atoms with Crippen LogP contribution in [0.25, 0.3) is 82.8 Å². The summed E-state index contributed by atoms with van der Waals surface area (Å²) in [5.74, 6) is 0. The largest absolute Gasteiger partial charge is 0.311 e. The predicted molar refractivity (Wildman–Crippen MR) is 255 cm³/mol. The summed E-state index contributed by atoms with van der Waals surface area (Å²) in [6.07, 6.45) is 0. The molecular weight excluding hydrogens is 725 g/mol. The van der Waals surface area contributed by atoms with E-state index < -0.39 is 0 Å². The van der Waals surface area contributed by atoms with Gasteiger partial charge in [0.05, 0.1) is 16.7 Å². The van der Waals surface area contributed by atoms with Gasteiger partial charge in [-0.05, 0) is 110 Å². The van der Waals surface area contributed by atoms with Crippen LogP contribution in [0.1, 0.15) is 0 Å². The first-order chi connectivity index (χ1) is 29.8. The molecule has 0 saturated carbocycles. The summed E-state index contributed by atoms with van der Waals surface area (Å²) < 4.78 is 2.41. The lowest BCUT2D eigenvalue weighted by molar-refractivity contribution is 1.18. The van der Waals surface area contributed by atoms with Crippen molar-refractivity contribution in [3.63, 3.8) is 0 Å². The van der Waals surface area contributed by atoms with Gasteiger partial charge in [-0.2, -0.15) is 0 Å². The molecule has 11 rings (SSSR count). The third-order valence-electron chi connectivity index (χ3n) is 11.8. The fourth-order valence-electron chi connectivity index (χ4n) is 8.91. The third kappa shape index (κ3) is 6.32. The normalized spacial score (nSPS) is 11.3. The monoisotopic (exact) mass is 764 g/mol. The molecule has 0 aliphatic carbocycles. The summed E-state index contributed by atoms with van der Waals surface area (Å²) in [7, 11) is 0. The summed E-state index contributed by atoms with van der Waals surface area (Å²) in [6, 6.07) is 87.8. The summed E-state index contributed by atoms with van der Waals surface area (Å²) >= 11 is 0. The number of para-hydroxylation sites is 3. The van der Waals surface area contributed by atoms with Gasteiger partial charge in [0, 0.05) is 33.4 Å². The molecule has 282 valence electrons. The number of nitrogens with zero attached hydrogens (tertiary/aromatic N) is 2. The number of rotatable bonds is 8. The molecule has 0 fully saturated rings. The molecule has 0 unspecified atom stereocenters. The molecule has 2 nitrogen and oxygen atoms in total. The van der Waals surface area contributed by atoms with Gasteiger partial charge >= 0.3 is 0 Å². The lowest BCUT2D eigenvalue weighted by Crippen LogP contribution is -2.09. The fourth-order valence-corrected chi connectivity index (χ4v) is 8.91. The SMILES string of the molecule is c1ccc(-c2ccc(N(c3ccc(-c4cccc(-c5ccccc5-n5c6ccccc6c6ccccc65)c4)cc3)c3ccc(-c4cccc5ccccc45)cc3)cc2)cc1.